The Morgan fingerprint density at radius 3 is 2.21 bits per heavy atom. The highest BCUT2D eigenvalue weighted by atomic mass is 32.2. The van der Waals surface area contributed by atoms with Crippen molar-refractivity contribution in [1.82, 2.24) is 19.8 Å². The van der Waals surface area contributed by atoms with E-state index in [1.54, 1.807) is 30.3 Å². The van der Waals surface area contributed by atoms with E-state index < -0.39 is 33.4 Å². The Bertz CT molecular complexity index is 1770. The van der Waals surface area contributed by atoms with Gasteiger partial charge in [-0.25, -0.2) is 13.4 Å². The molecule has 14 heteroatoms. The number of fused-ring (bicyclic) bond motifs is 1. The van der Waals surface area contributed by atoms with Crippen molar-refractivity contribution in [3.8, 4) is 5.88 Å². The van der Waals surface area contributed by atoms with Crippen LogP contribution < -0.4 is 9.46 Å². The molecule has 1 fully saturated rings. The summed E-state index contributed by atoms with van der Waals surface area (Å²) < 4.78 is 75.7. The molecule has 5 rings (SSSR count). The maximum absolute atomic E-state index is 14.1. The van der Waals surface area contributed by atoms with Crippen molar-refractivity contribution < 1.29 is 35.9 Å². The number of carbonyl (C=O) groups is 2. The number of pyridine rings is 2. The van der Waals surface area contributed by atoms with Gasteiger partial charge in [-0.3, -0.25) is 19.3 Å². The number of halogens is 3. The van der Waals surface area contributed by atoms with Crippen LogP contribution in [-0.2, 0) is 16.2 Å². The number of para-hydroxylation sites is 1. The van der Waals surface area contributed by atoms with E-state index in [4.69, 9.17) is 4.74 Å². The first kappa shape index (κ1) is 28.8. The van der Waals surface area contributed by atoms with E-state index >= 15 is 0 Å². The number of amides is 2. The highest BCUT2D eigenvalue weighted by Crippen LogP contribution is 2.37. The molecule has 42 heavy (non-hydrogen) atoms. The van der Waals surface area contributed by atoms with E-state index in [1.807, 2.05) is 4.72 Å². The average molecular weight is 600 g/mol. The molecule has 0 atom stereocenters. The van der Waals surface area contributed by atoms with Crippen molar-refractivity contribution in [1.29, 1.82) is 0 Å². The lowest BCUT2D eigenvalue weighted by Gasteiger charge is -2.35. The van der Waals surface area contributed by atoms with E-state index in [-0.39, 0.29) is 59.5 Å². The molecule has 2 aromatic carbocycles. The zero-order chi connectivity index (χ0) is 30.1. The Balaban J connectivity index is 1.35. The largest absolute Gasteiger partial charge is 0.480 e. The Hall–Kier alpha value is -4.72. The second-order valence-electron chi connectivity index (χ2n) is 9.34. The number of hydrogen-bond acceptors (Lipinski definition) is 7. The SMILES string of the molecule is COc1ncccc1C(=O)N1CCN(C(=O)c2ccc(NS(=O)(=O)c3cccc4cccnc34)c(C(F)(F)F)c2)CC1. The van der Waals surface area contributed by atoms with Crippen molar-refractivity contribution in [2.45, 2.75) is 11.1 Å². The zero-order valence-corrected chi connectivity index (χ0v) is 22.9. The summed E-state index contributed by atoms with van der Waals surface area (Å²) in [7, 11) is -3.09. The predicted molar refractivity (Wildman–Crippen MR) is 147 cm³/mol. The van der Waals surface area contributed by atoms with Crippen LogP contribution in [0.3, 0.4) is 0 Å². The third-order valence-corrected chi connectivity index (χ3v) is 8.15. The van der Waals surface area contributed by atoms with Gasteiger partial charge in [-0.05, 0) is 42.5 Å². The molecule has 1 aliphatic heterocycles. The molecule has 1 N–H and O–H groups in total. The monoisotopic (exact) mass is 599 g/mol. The summed E-state index contributed by atoms with van der Waals surface area (Å²) in [5.74, 6) is -0.864. The summed E-state index contributed by atoms with van der Waals surface area (Å²) in [4.78, 5) is 36.7. The van der Waals surface area contributed by atoms with Crippen LogP contribution in [0.1, 0.15) is 26.3 Å². The fraction of sp³-hybridized carbons (Fsp3) is 0.214. The minimum Gasteiger partial charge on any atom is -0.480 e. The maximum Gasteiger partial charge on any atom is 0.418 e. The molecule has 3 heterocycles. The number of methoxy groups -OCH3 is 1. The molecule has 0 aliphatic carbocycles. The zero-order valence-electron chi connectivity index (χ0n) is 22.1. The molecule has 0 bridgehead atoms. The number of aromatic nitrogens is 2. The van der Waals surface area contributed by atoms with E-state index in [2.05, 4.69) is 9.97 Å². The van der Waals surface area contributed by atoms with Gasteiger partial charge in [-0.1, -0.05) is 18.2 Å². The normalized spacial score (nSPS) is 14.1. The number of nitrogens with zero attached hydrogens (tertiary/aromatic N) is 4. The lowest BCUT2D eigenvalue weighted by atomic mass is 10.1. The van der Waals surface area contributed by atoms with Gasteiger partial charge in [0.15, 0.2) is 0 Å². The van der Waals surface area contributed by atoms with Crippen LogP contribution in [0.5, 0.6) is 5.88 Å². The number of ether oxygens (including phenoxy) is 1. The number of anilines is 1. The number of hydrogen-bond donors (Lipinski definition) is 1. The van der Waals surface area contributed by atoms with E-state index in [0.717, 1.165) is 12.1 Å². The molecule has 0 radical (unpaired) electrons. The first-order valence-corrected chi connectivity index (χ1v) is 14.1. The van der Waals surface area contributed by atoms with E-state index in [0.29, 0.717) is 11.5 Å². The second-order valence-corrected chi connectivity index (χ2v) is 11.0. The summed E-state index contributed by atoms with van der Waals surface area (Å²) in [6.45, 7) is 0.450. The lowest BCUT2D eigenvalue weighted by Crippen LogP contribution is -2.50. The van der Waals surface area contributed by atoms with Gasteiger partial charge in [0.1, 0.15) is 10.5 Å². The fourth-order valence-electron chi connectivity index (χ4n) is 4.68. The van der Waals surface area contributed by atoms with Gasteiger partial charge in [0.2, 0.25) is 5.88 Å². The Kier molecular flexibility index (Phi) is 7.73. The first-order chi connectivity index (χ1) is 20.0. The highest BCUT2D eigenvalue weighted by molar-refractivity contribution is 7.93. The van der Waals surface area contributed by atoms with Crippen LogP contribution in [0.4, 0.5) is 18.9 Å². The summed E-state index contributed by atoms with van der Waals surface area (Å²) in [6.07, 6.45) is -2.11. The van der Waals surface area contributed by atoms with Gasteiger partial charge in [0, 0.05) is 49.5 Å². The Morgan fingerprint density at radius 1 is 0.881 bits per heavy atom. The van der Waals surface area contributed by atoms with Gasteiger partial charge < -0.3 is 14.5 Å². The van der Waals surface area contributed by atoms with Crippen LogP contribution in [0.25, 0.3) is 10.9 Å². The van der Waals surface area contributed by atoms with Crippen LogP contribution >= 0.6 is 0 Å². The molecular weight excluding hydrogens is 575 g/mol. The summed E-state index contributed by atoms with van der Waals surface area (Å²) in [6, 6.07) is 13.4. The van der Waals surface area contributed by atoms with Crippen molar-refractivity contribution >= 4 is 38.4 Å². The summed E-state index contributed by atoms with van der Waals surface area (Å²) >= 11 is 0. The van der Waals surface area contributed by atoms with Crippen LogP contribution in [0, 0.1) is 0 Å². The molecule has 2 amide bonds. The molecule has 218 valence electrons. The number of rotatable bonds is 6. The van der Waals surface area contributed by atoms with Crippen molar-refractivity contribution in [3.05, 3.63) is 89.7 Å². The van der Waals surface area contributed by atoms with Gasteiger partial charge in [-0.15, -0.1) is 0 Å². The number of sulfonamides is 1. The molecule has 0 unspecified atom stereocenters. The molecule has 1 aliphatic rings. The van der Waals surface area contributed by atoms with Crippen LogP contribution in [0.15, 0.2) is 78.0 Å². The van der Waals surface area contributed by atoms with Gasteiger partial charge in [0.05, 0.1) is 23.9 Å². The molecule has 10 nitrogen and oxygen atoms in total. The summed E-state index contributed by atoms with van der Waals surface area (Å²) in [5.41, 5.74) is -1.96. The fourth-order valence-corrected chi connectivity index (χ4v) is 5.94. The second kappa shape index (κ2) is 11.3. The lowest BCUT2D eigenvalue weighted by molar-refractivity contribution is -0.136. The number of carbonyl (C=O) groups excluding carboxylic acids is 2. The van der Waals surface area contributed by atoms with Crippen LogP contribution in [0.2, 0.25) is 0 Å². The van der Waals surface area contributed by atoms with Crippen molar-refractivity contribution in [2.75, 3.05) is 38.0 Å². The third-order valence-electron chi connectivity index (χ3n) is 6.75. The molecule has 2 aromatic heterocycles. The minimum atomic E-state index is -4.97. The molecule has 0 saturated carbocycles. The van der Waals surface area contributed by atoms with Gasteiger partial charge in [0.25, 0.3) is 21.8 Å². The minimum absolute atomic E-state index is 0.0803. The molecular formula is C28H24F3N5O5S. The molecule has 1 saturated heterocycles. The van der Waals surface area contributed by atoms with E-state index in [1.165, 1.54) is 41.4 Å². The molecule has 4 aromatic rings. The molecule has 0 spiro atoms. The number of benzene rings is 2. The third kappa shape index (κ3) is 5.70. The highest BCUT2D eigenvalue weighted by Gasteiger charge is 2.36. The topological polar surface area (TPSA) is 122 Å². The Labute approximate surface area is 238 Å². The quantitative estimate of drug-likeness (QED) is 0.355. The van der Waals surface area contributed by atoms with Crippen LogP contribution in [-0.4, -0.2) is 73.3 Å². The first-order valence-electron chi connectivity index (χ1n) is 12.6. The standard InChI is InChI=1S/C28H24F3N5O5S/c1-41-25-20(7-4-12-33-25)27(38)36-15-13-35(14-16-36)26(37)19-9-10-22(21(17-19)28(29,30)31)34-42(39,40)23-8-2-5-18-6-3-11-32-24(18)23/h2-12,17,34H,13-16H2,1H3. The maximum atomic E-state index is 14.1. The van der Waals surface area contributed by atoms with Gasteiger partial charge in [-0.2, -0.15) is 13.2 Å². The number of piperazine rings is 1. The number of alkyl halides is 3. The van der Waals surface area contributed by atoms with Crippen molar-refractivity contribution in [2.24, 2.45) is 0 Å². The van der Waals surface area contributed by atoms with E-state index in [9.17, 15) is 31.2 Å². The predicted octanol–water partition coefficient (Wildman–Crippen LogP) is 4.06. The number of nitrogens with one attached hydrogen (secondary N) is 1. The smallest absolute Gasteiger partial charge is 0.418 e. The van der Waals surface area contributed by atoms with Gasteiger partial charge >= 0.3 is 6.18 Å². The average Bonchev–Trinajstić information content (AvgIpc) is 2.99. The summed E-state index contributed by atoms with van der Waals surface area (Å²) in [5, 5.41) is 0.499. The van der Waals surface area contributed by atoms with Crippen molar-refractivity contribution in [3.63, 3.8) is 0 Å². The Morgan fingerprint density at radius 2 is 1.52 bits per heavy atom.